The van der Waals surface area contributed by atoms with Gasteiger partial charge in [0.05, 0.1) is 16.7 Å². The lowest BCUT2D eigenvalue weighted by Gasteiger charge is -2.15. The molecule has 2 aromatic rings. The molecule has 1 heterocycles. The summed E-state index contributed by atoms with van der Waals surface area (Å²) in [7, 11) is 3.70. The van der Waals surface area contributed by atoms with Gasteiger partial charge in [0, 0.05) is 18.8 Å². The van der Waals surface area contributed by atoms with Crippen molar-refractivity contribution in [2.24, 2.45) is 7.05 Å². The average Bonchev–Trinajstić information content (AvgIpc) is 2.71. The molecule has 0 aliphatic heterocycles. The molecule has 0 aliphatic carbocycles. The molecule has 1 aromatic heterocycles. The van der Waals surface area contributed by atoms with Crippen molar-refractivity contribution in [2.45, 2.75) is 6.04 Å². The molecule has 5 heteroatoms. The molecule has 1 unspecified atom stereocenters. The van der Waals surface area contributed by atoms with E-state index >= 15 is 0 Å². The number of nitrogens with zero attached hydrogens (tertiary/aromatic N) is 2. The number of aromatic nitrogens is 2. The number of aryl methyl sites for hydroxylation is 1. The molecule has 0 spiro atoms. The summed E-state index contributed by atoms with van der Waals surface area (Å²) in [6.07, 6.45) is 3.70. The molecular weight excluding hydrogens is 285 g/mol. The predicted molar refractivity (Wildman–Crippen MR) is 68.2 cm³/mol. The molecule has 0 aliphatic rings. The monoisotopic (exact) mass is 297 g/mol. The van der Waals surface area contributed by atoms with E-state index in [1.54, 1.807) is 16.9 Å². The molecule has 0 bridgehead atoms. The van der Waals surface area contributed by atoms with Crippen molar-refractivity contribution >= 4 is 15.9 Å². The summed E-state index contributed by atoms with van der Waals surface area (Å²) < 4.78 is 15.7. The summed E-state index contributed by atoms with van der Waals surface area (Å²) in [4.78, 5) is 0. The molecule has 3 nitrogen and oxygen atoms in total. The second-order valence-corrected chi connectivity index (χ2v) is 4.70. The summed E-state index contributed by atoms with van der Waals surface area (Å²) in [5.74, 6) is -0.258. The van der Waals surface area contributed by atoms with Crippen LogP contribution in [0.1, 0.15) is 17.2 Å². The zero-order chi connectivity index (χ0) is 12.4. The molecule has 1 atom stereocenters. The van der Waals surface area contributed by atoms with Crippen LogP contribution in [0, 0.1) is 5.82 Å². The van der Waals surface area contributed by atoms with E-state index in [0.29, 0.717) is 4.47 Å². The predicted octanol–water partition coefficient (Wildman–Crippen LogP) is 2.63. The van der Waals surface area contributed by atoms with Gasteiger partial charge in [0.25, 0.3) is 0 Å². The van der Waals surface area contributed by atoms with E-state index in [-0.39, 0.29) is 11.9 Å². The van der Waals surface area contributed by atoms with Crippen molar-refractivity contribution in [3.8, 4) is 0 Å². The van der Waals surface area contributed by atoms with Crippen LogP contribution in [0.15, 0.2) is 35.1 Å². The molecule has 0 amide bonds. The maximum absolute atomic E-state index is 13.5. The Morgan fingerprint density at radius 3 is 2.71 bits per heavy atom. The van der Waals surface area contributed by atoms with E-state index in [1.807, 2.05) is 26.4 Å². The smallest absolute Gasteiger partial charge is 0.137 e. The Bertz CT molecular complexity index is 524. The maximum atomic E-state index is 13.5. The molecule has 0 radical (unpaired) electrons. The Morgan fingerprint density at radius 1 is 1.41 bits per heavy atom. The van der Waals surface area contributed by atoms with Gasteiger partial charge in [0.15, 0.2) is 0 Å². The van der Waals surface area contributed by atoms with Gasteiger partial charge in [-0.25, -0.2) is 4.39 Å². The largest absolute Gasteiger partial charge is 0.309 e. The number of rotatable bonds is 3. The SMILES string of the molecule is CNC(c1ccc(Br)c(F)c1)c1cnn(C)c1. The first-order valence-electron chi connectivity index (χ1n) is 5.22. The Kier molecular flexibility index (Phi) is 3.59. The number of benzene rings is 1. The van der Waals surface area contributed by atoms with E-state index in [0.717, 1.165) is 11.1 Å². The molecule has 90 valence electrons. The lowest BCUT2D eigenvalue weighted by Crippen LogP contribution is -2.17. The quantitative estimate of drug-likeness (QED) is 0.944. The van der Waals surface area contributed by atoms with E-state index in [9.17, 15) is 4.39 Å². The van der Waals surface area contributed by atoms with Gasteiger partial charge < -0.3 is 5.32 Å². The van der Waals surface area contributed by atoms with Crippen LogP contribution < -0.4 is 5.32 Å². The highest BCUT2D eigenvalue weighted by Crippen LogP contribution is 2.24. The summed E-state index contributed by atoms with van der Waals surface area (Å²) in [5, 5.41) is 7.28. The second kappa shape index (κ2) is 4.98. The topological polar surface area (TPSA) is 29.9 Å². The van der Waals surface area contributed by atoms with E-state index < -0.39 is 0 Å². The molecule has 1 aromatic carbocycles. The van der Waals surface area contributed by atoms with Crippen molar-refractivity contribution < 1.29 is 4.39 Å². The van der Waals surface area contributed by atoms with Crippen LogP contribution >= 0.6 is 15.9 Å². The van der Waals surface area contributed by atoms with Crippen LogP contribution in [-0.4, -0.2) is 16.8 Å². The van der Waals surface area contributed by atoms with Crippen LogP contribution in [0.2, 0.25) is 0 Å². The van der Waals surface area contributed by atoms with Crippen molar-refractivity contribution in [2.75, 3.05) is 7.05 Å². The minimum Gasteiger partial charge on any atom is -0.309 e. The molecule has 2 rings (SSSR count). The summed E-state index contributed by atoms with van der Waals surface area (Å²) in [5.41, 5.74) is 1.89. The van der Waals surface area contributed by atoms with Crippen LogP contribution in [0.3, 0.4) is 0 Å². The van der Waals surface area contributed by atoms with Crippen LogP contribution in [-0.2, 0) is 7.05 Å². The fraction of sp³-hybridized carbons (Fsp3) is 0.250. The van der Waals surface area contributed by atoms with Crippen LogP contribution in [0.4, 0.5) is 4.39 Å². The van der Waals surface area contributed by atoms with Gasteiger partial charge in [-0.1, -0.05) is 6.07 Å². The molecule has 17 heavy (non-hydrogen) atoms. The molecule has 0 saturated carbocycles. The van der Waals surface area contributed by atoms with Gasteiger partial charge in [-0.15, -0.1) is 0 Å². The molecule has 0 saturated heterocycles. The maximum Gasteiger partial charge on any atom is 0.137 e. The highest BCUT2D eigenvalue weighted by atomic mass is 79.9. The second-order valence-electron chi connectivity index (χ2n) is 3.84. The van der Waals surface area contributed by atoms with Gasteiger partial charge >= 0.3 is 0 Å². The van der Waals surface area contributed by atoms with Gasteiger partial charge in [0.1, 0.15) is 5.82 Å². The van der Waals surface area contributed by atoms with Crippen molar-refractivity contribution in [3.05, 3.63) is 52.0 Å². The Labute approximate surface area is 108 Å². The van der Waals surface area contributed by atoms with E-state index in [2.05, 4.69) is 26.3 Å². The number of nitrogens with one attached hydrogen (secondary N) is 1. The summed E-state index contributed by atoms with van der Waals surface area (Å²) in [6.45, 7) is 0. The highest BCUT2D eigenvalue weighted by molar-refractivity contribution is 9.10. The number of halogens is 2. The first-order valence-corrected chi connectivity index (χ1v) is 6.02. The highest BCUT2D eigenvalue weighted by Gasteiger charge is 2.14. The number of hydrogen-bond donors (Lipinski definition) is 1. The summed E-state index contributed by atoms with van der Waals surface area (Å²) >= 11 is 3.15. The van der Waals surface area contributed by atoms with Crippen LogP contribution in [0.25, 0.3) is 0 Å². The lowest BCUT2D eigenvalue weighted by atomic mass is 10.0. The Morgan fingerprint density at radius 2 is 2.18 bits per heavy atom. The fourth-order valence-corrected chi connectivity index (χ4v) is 2.05. The van der Waals surface area contributed by atoms with Crippen LogP contribution in [0.5, 0.6) is 0 Å². The summed E-state index contributed by atoms with van der Waals surface area (Å²) in [6, 6.07) is 5.08. The normalized spacial score (nSPS) is 12.7. The average molecular weight is 298 g/mol. The fourth-order valence-electron chi connectivity index (χ4n) is 1.81. The molecular formula is C12H13BrFN3. The van der Waals surface area contributed by atoms with E-state index in [4.69, 9.17) is 0 Å². The van der Waals surface area contributed by atoms with Gasteiger partial charge in [-0.2, -0.15) is 5.10 Å². The lowest BCUT2D eigenvalue weighted by molar-refractivity contribution is 0.610. The first-order chi connectivity index (χ1) is 8.11. The number of hydrogen-bond acceptors (Lipinski definition) is 2. The Balaban J connectivity index is 2.38. The molecule has 0 fully saturated rings. The van der Waals surface area contributed by atoms with E-state index in [1.165, 1.54) is 6.07 Å². The Hall–Kier alpha value is -1.20. The third-order valence-electron chi connectivity index (χ3n) is 2.62. The van der Waals surface area contributed by atoms with Gasteiger partial charge in [-0.05, 0) is 40.7 Å². The first kappa shape index (κ1) is 12.3. The molecule has 1 N–H and O–H groups in total. The zero-order valence-electron chi connectivity index (χ0n) is 9.61. The van der Waals surface area contributed by atoms with Crippen molar-refractivity contribution in [1.82, 2.24) is 15.1 Å². The minimum atomic E-state index is -0.258. The van der Waals surface area contributed by atoms with Crippen molar-refractivity contribution in [1.29, 1.82) is 0 Å². The van der Waals surface area contributed by atoms with Crippen molar-refractivity contribution in [3.63, 3.8) is 0 Å². The standard InChI is InChI=1S/C12H13BrFN3/c1-15-12(9-6-16-17(2)7-9)8-3-4-10(13)11(14)5-8/h3-7,12,15H,1-2H3. The third-order valence-corrected chi connectivity index (χ3v) is 3.27. The minimum absolute atomic E-state index is 0.0497. The van der Waals surface area contributed by atoms with Gasteiger partial charge in [0.2, 0.25) is 0 Å². The zero-order valence-corrected chi connectivity index (χ0v) is 11.2. The van der Waals surface area contributed by atoms with Gasteiger partial charge in [-0.3, -0.25) is 4.68 Å². The third kappa shape index (κ3) is 2.56.